The third kappa shape index (κ3) is 3.81. The van der Waals surface area contributed by atoms with E-state index in [1.165, 1.54) is 51.0 Å². The summed E-state index contributed by atoms with van der Waals surface area (Å²) >= 11 is 0. The number of hydrogen-bond acceptors (Lipinski definition) is 3. The van der Waals surface area contributed by atoms with E-state index >= 15 is 0 Å². The summed E-state index contributed by atoms with van der Waals surface area (Å²) in [6.45, 7) is 5.94. The minimum atomic E-state index is 0.566. The molecule has 1 aliphatic heterocycles. The van der Waals surface area contributed by atoms with Gasteiger partial charge in [0.1, 0.15) is 0 Å². The van der Waals surface area contributed by atoms with Crippen molar-refractivity contribution in [2.24, 2.45) is 0 Å². The van der Waals surface area contributed by atoms with Gasteiger partial charge < -0.3 is 10.2 Å². The van der Waals surface area contributed by atoms with Gasteiger partial charge in [0.05, 0.1) is 0 Å². The molecule has 1 aromatic rings. The van der Waals surface area contributed by atoms with E-state index in [0.717, 1.165) is 12.6 Å². The molecule has 1 unspecified atom stereocenters. The highest BCUT2D eigenvalue weighted by atomic mass is 15.3. The van der Waals surface area contributed by atoms with Crippen LogP contribution < -0.4 is 5.32 Å². The van der Waals surface area contributed by atoms with Crippen molar-refractivity contribution in [3.63, 3.8) is 0 Å². The number of piperazine rings is 1. The Morgan fingerprint density at radius 1 is 1.15 bits per heavy atom. The van der Waals surface area contributed by atoms with E-state index in [2.05, 4.69) is 52.5 Å². The van der Waals surface area contributed by atoms with Gasteiger partial charge in [0.25, 0.3) is 0 Å². The average Bonchev–Trinajstić information content (AvgIpc) is 3.30. The molecule has 1 aliphatic carbocycles. The molecule has 0 amide bonds. The molecule has 110 valence electrons. The number of nitrogens with zero attached hydrogens (tertiary/aromatic N) is 2. The molecule has 3 rings (SSSR count). The second-order valence-electron chi connectivity index (χ2n) is 6.31. The third-order valence-electron chi connectivity index (χ3n) is 4.51. The van der Waals surface area contributed by atoms with Gasteiger partial charge in [0.15, 0.2) is 0 Å². The first-order valence-corrected chi connectivity index (χ1v) is 8.04. The van der Waals surface area contributed by atoms with E-state index in [4.69, 9.17) is 0 Å². The van der Waals surface area contributed by atoms with Gasteiger partial charge in [-0.15, -0.1) is 0 Å². The molecule has 1 saturated carbocycles. The molecule has 0 bridgehead atoms. The largest absolute Gasteiger partial charge is 0.314 e. The van der Waals surface area contributed by atoms with Gasteiger partial charge >= 0.3 is 0 Å². The van der Waals surface area contributed by atoms with E-state index < -0.39 is 0 Å². The van der Waals surface area contributed by atoms with Crippen LogP contribution in [0, 0.1) is 0 Å². The van der Waals surface area contributed by atoms with Crippen molar-refractivity contribution < 1.29 is 0 Å². The predicted molar refractivity (Wildman–Crippen MR) is 83.9 cm³/mol. The number of benzene rings is 1. The van der Waals surface area contributed by atoms with Crippen molar-refractivity contribution in [2.75, 3.05) is 39.8 Å². The fourth-order valence-electron chi connectivity index (χ4n) is 3.09. The van der Waals surface area contributed by atoms with Gasteiger partial charge in [-0.05, 0) is 38.4 Å². The van der Waals surface area contributed by atoms with Gasteiger partial charge in [-0.1, -0.05) is 30.3 Å². The van der Waals surface area contributed by atoms with Gasteiger partial charge in [-0.3, -0.25) is 4.90 Å². The molecule has 0 spiro atoms. The number of likely N-dealkylation sites (N-methyl/N-ethyl adjacent to an activating group) is 1. The highest BCUT2D eigenvalue weighted by Crippen LogP contribution is 2.25. The van der Waals surface area contributed by atoms with Crippen LogP contribution in [-0.4, -0.2) is 55.6 Å². The summed E-state index contributed by atoms with van der Waals surface area (Å²) in [5.74, 6) is 0. The van der Waals surface area contributed by atoms with E-state index in [-0.39, 0.29) is 0 Å². The van der Waals surface area contributed by atoms with Crippen LogP contribution in [0.4, 0.5) is 0 Å². The molecule has 2 aliphatic rings. The van der Waals surface area contributed by atoms with E-state index in [1.54, 1.807) is 0 Å². The maximum Gasteiger partial charge on any atom is 0.0475 e. The maximum atomic E-state index is 3.62. The molecular weight excluding hydrogens is 246 g/mol. The lowest BCUT2D eigenvalue weighted by Crippen LogP contribution is -2.47. The van der Waals surface area contributed by atoms with Crippen LogP contribution in [-0.2, 0) is 0 Å². The SMILES string of the molecule is CN1CCN(CCCNC2CC2)C(c2ccccc2)C1. The summed E-state index contributed by atoms with van der Waals surface area (Å²) in [5, 5.41) is 3.62. The Morgan fingerprint density at radius 2 is 1.95 bits per heavy atom. The first-order chi connectivity index (χ1) is 9.83. The normalized spacial score (nSPS) is 24.9. The molecular formula is C17H27N3. The monoisotopic (exact) mass is 273 g/mol. The zero-order chi connectivity index (χ0) is 13.8. The standard InChI is InChI=1S/C17H27N3/c1-19-12-13-20(11-5-10-18-16-8-9-16)17(14-19)15-6-3-2-4-7-15/h2-4,6-7,16-18H,5,8-14H2,1H3. The van der Waals surface area contributed by atoms with Crippen LogP contribution in [0.25, 0.3) is 0 Å². The fourth-order valence-corrected chi connectivity index (χ4v) is 3.09. The lowest BCUT2D eigenvalue weighted by molar-refractivity contribution is 0.0888. The Labute approximate surface area is 123 Å². The van der Waals surface area contributed by atoms with Crippen LogP contribution in [0.3, 0.4) is 0 Å². The molecule has 0 aromatic heterocycles. The van der Waals surface area contributed by atoms with Gasteiger partial charge in [-0.2, -0.15) is 0 Å². The molecule has 3 heteroatoms. The van der Waals surface area contributed by atoms with Crippen molar-refractivity contribution in [3.05, 3.63) is 35.9 Å². The second kappa shape index (κ2) is 6.70. The maximum absolute atomic E-state index is 3.62. The molecule has 2 fully saturated rings. The second-order valence-corrected chi connectivity index (χ2v) is 6.31. The van der Waals surface area contributed by atoms with Crippen LogP contribution >= 0.6 is 0 Å². The molecule has 1 N–H and O–H groups in total. The molecule has 3 nitrogen and oxygen atoms in total. The first kappa shape index (κ1) is 14.1. The lowest BCUT2D eigenvalue weighted by Gasteiger charge is -2.40. The lowest BCUT2D eigenvalue weighted by atomic mass is 10.0. The Kier molecular flexibility index (Phi) is 4.71. The Morgan fingerprint density at radius 3 is 2.70 bits per heavy atom. The number of rotatable bonds is 6. The summed E-state index contributed by atoms with van der Waals surface area (Å²) < 4.78 is 0. The summed E-state index contributed by atoms with van der Waals surface area (Å²) in [5.41, 5.74) is 1.47. The number of hydrogen-bond donors (Lipinski definition) is 1. The molecule has 20 heavy (non-hydrogen) atoms. The summed E-state index contributed by atoms with van der Waals surface area (Å²) in [6.07, 6.45) is 4.05. The molecule has 1 atom stereocenters. The Balaban J connectivity index is 1.55. The molecule has 0 radical (unpaired) electrons. The molecule has 1 saturated heterocycles. The topological polar surface area (TPSA) is 18.5 Å². The van der Waals surface area contributed by atoms with Crippen molar-refractivity contribution in [1.29, 1.82) is 0 Å². The predicted octanol–water partition coefficient (Wildman–Crippen LogP) is 2.12. The van der Waals surface area contributed by atoms with Gasteiger partial charge in [0, 0.05) is 38.3 Å². The van der Waals surface area contributed by atoms with Crippen LogP contribution in [0.1, 0.15) is 30.9 Å². The first-order valence-electron chi connectivity index (χ1n) is 8.04. The van der Waals surface area contributed by atoms with Crippen LogP contribution in [0.2, 0.25) is 0 Å². The summed E-state index contributed by atoms with van der Waals surface area (Å²) in [6, 6.07) is 12.4. The van der Waals surface area contributed by atoms with Crippen molar-refractivity contribution in [1.82, 2.24) is 15.1 Å². The Bertz CT molecular complexity index is 402. The van der Waals surface area contributed by atoms with Crippen molar-refractivity contribution in [3.8, 4) is 0 Å². The van der Waals surface area contributed by atoms with Crippen LogP contribution in [0.15, 0.2) is 30.3 Å². The highest BCUT2D eigenvalue weighted by molar-refractivity contribution is 5.20. The summed E-state index contributed by atoms with van der Waals surface area (Å²) in [4.78, 5) is 5.13. The van der Waals surface area contributed by atoms with E-state index in [0.29, 0.717) is 6.04 Å². The van der Waals surface area contributed by atoms with Gasteiger partial charge in [-0.25, -0.2) is 0 Å². The van der Waals surface area contributed by atoms with E-state index in [1.807, 2.05) is 0 Å². The average molecular weight is 273 g/mol. The zero-order valence-electron chi connectivity index (χ0n) is 12.6. The minimum absolute atomic E-state index is 0.566. The van der Waals surface area contributed by atoms with E-state index in [9.17, 15) is 0 Å². The third-order valence-corrected chi connectivity index (χ3v) is 4.51. The fraction of sp³-hybridized carbons (Fsp3) is 0.647. The summed E-state index contributed by atoms with van der Waals surface area (Å²) in [7, 11) is 2.24. The zero-order valence-corrected chi connectivity index (χ0v) is 12.6. The minimum Gasteiger partial charge on any atom is -0.314 e. The molecule has 1 aromatic carbocycles. The van der Waals surface area contributed by atoms with Crippen LogP contribution in [0.5, 0.6) is 0 Å². The van der Waals surface area contributed by atoms with Crippen molar-refractivity contribution >= 4 is 0 Å². The molecule has 1 heterocycles. The van der Waals surface area contributed by atoms with Crippen molar-refractivity contribution in [2.45, 2.75) is 31.3 Å². The number of nitrogens with one attached hydrogen (secondary N) is 1. The smallest absolute Gasteiger partial charge is 0.0475 e. The Hall–Kier alpha value is -0.900. The van der Waals surface area contributed by atoms with Gasteiger partial charge in [0.2, 0.25) is 0 Å². The quantitative estimate of drug-likeness (QED) is 0.801. The highest BCUT2D eigenvalue weighted by Gasteiger charge is 2.26.